The van der Waals surface area contributed by atoms with E-state index in [9.17, 15) is 9.59 Å². The smallest absolute Gasteiger partial charge is 0.246 e. The molecule has 4 rings (SSSR count). The van der Waals surface area contributed by atoms with E-state index in [1.165, 1.54) is 0 Å². The number of benzene rings is 2. The summed E-state index contributed by atoms with van der Waals surface area (Å²) in [5.74, 6) is -0.0365. The zero-order valence-corrected chi connectivity index (χ0v) is 15.7. The van der Waals surface area contributed by atoms with E-state index in [-0.39, 0.29) is 23.9 Å². The summed E-state index contributed by atoms with van der Waals surface area (Å²) in [6.45, 7) is 1.25. The molecule has 2 aromatic carbocycles. The van der Waals surface area contributed by atoms with Crippen molar-refractivity contribution in [2.24, 2.45) is 0 Å². The highest BCUT2D eigenvalue weighted by Gasteiger charge is 2.46. The third-order valence-electron chi connectivity index (χ3n) is 5.29. The molecule has 2 saturated heterocycles. The van der Waals surface area contributed by atoms with E-state index in [1.54, 1.807) is 4.90 Å². The number of amides is 2. The lowest BCUT2D eigenvalue weighted by Gasteiger charge is -2.34. The minimum atomic E-state index is -0.480. The third kappa shape index (κ3) is 3.99. The lowest BCUT2D eigenvalue weighted by atomic mass is 10.0. The van der Waals surface area contributed by atoms with Gasteiger partial charge in [-0.3, -0.25) is 9.59 Å². The average molecular weight is 384 g/mol. The number of hydrogen-bond acceptors (Lipinski definition) is 3. The zero-order valence-electron chi connectivity index (χ0n) is 14.9. The van der Waals surface area contributed by atoms with Crippen molar-refractivity contribution in [3.8, 4) is 0 Å². The highest BCUT2D eigenvalue weighted by atomic mass is 35.5. The molecule has 27 heavy (non-hydrogen) atoms. The Hall–Kier alpha value is -2.37. The van der Waals surface area contributed by atoms with Crippen LogP contribution in [0.3, 0.4) is 0 Å². The summed E-state index contributed by atoms with van der Waals surface area (Å²) < 4.78 is 0. The van der Waals surface area contributed by atoms with Crippen LogP contribution in [0.25, 0.3) is 0 Å². The highest BCUT2D eigenvalue weighted by molar-refractivity contribution is 6.30. The van der Waals surface area contributed by atoms with Gasteiger partial charge in [0.15, 0.2) is 0 Å². The number of carbonyl (C=O) groups excluding carboxylic acids is 2. The number of halogens is 1. The molecule has 2 N–H and O–H groups in total. The van der Waals surface area contributed by atoms with Gasteiger partial charge in [0.25, 0.3) is 0 Å². The molecule has 0 unspecified atom stereocenters. The number of piperazine rings is 1. The van der Waals surface area contributed by atoms with Crippen LogP contribution in [0.4, 0.5) is 0 Å². The van der Waals surface area contributed by atoms with Crippen molar-refractivity contribution >= 4 is 23.4 Å². The van der Waals surface area contributed by atoms with Crippen LogP contribution in [0.15, 0.2) is 54.6 Å². The van der Waals surface area contributed by atoms with Gasteiger partial charge in [0.05, 0.1) is 0 Å². The molecule has 3 atom stereocenters. The first-order chi connectivity index (χ1) is 13.1. The molecule has 6 heteroatoms. The van der Waals surface area contributed by atoms with E-state index < -0.39 is 6.04 Å². The third-order valence-corrected chi connectivity index (χ3v) is 5.54. The van der Waals surface area contributed by atoms with Gasteiger partial charge in [0.2, 0.25) is 11.8 Å². The lowest BCUT2D eigenvalue weighted by molar-refractivity contribution is -0.147. The van der Waals surface area contributed by atoms with E-state index in [1.807, 2.05) is 54.6 Å². The molecule has 2 aliphatic heterocycles. The van der Waals surface area contributed by atoms with Crippen molar-refractivity contribution in [1.82, 2.24) is 15.5 Å². The standard InChI is InChI=1S/C21H22ClN3O2/c22-16-8-6-15(7-9-16)12-23-17-11-19-20(26)24-18(21(27)25(19)13-17)10-14-4-2-1-3-5-14/h1-9,17-19,23H,10-13H2,(H,24,26)/t17-,18-,19-/m0/s1. The molecule has 0 aliphatic carbocycles. The number of rotatable bonds is 5. The Labute approximate surface area is 163 Å². The summed E-state index contributed by atoms with van der Waals surface area (Å²) in [4.78, 5) is 27.2. The van der Waals surface area contributed by atoms with Crippen molar-refractivity contribution in [3.05, 3.63) is 70.7 Å². The van der Waals surface area contributed by atoms with Crippen molar-refractivity contribution < 1.29 is 9.59 Å². The fraction of sp³-hybridized carbons (Fsp3) is 0.333. The van der Waals surface area contributed by atoms with Gasteiger partial charge in [0, 0.05) is 30.6 Å². The Morgan fingerprint density at radius 3 is 2.52 bits per heavy atom. The van der Waals surface area contributed by atoms with Crippen LogP contribution in [0.5, 0.6) is 0 Å². The average Bonchev–Trinajstić information content (AvgIpc) is 3.12. The van der Waals surface area contributed by atoms with Crippen LogP contribution in [0.2, 0.25) is 5.02 Å². The SMILES string of the molecule is O=C1N[C@@H](Cc2ccccc2)C(=O)N2C[C@@H](NCc3ccc(Cl)cc3)C[C@@H]12. The molecule has 2 fully saturated rings. The summed E-state index contributed by atoms with van der Waals surface area (Å²) >= 11 is 5.92. The molecule has 2 amide bonds. The van der Waals surface area contributed by atoms with E-state index in [4.69, 9.17) is 11.6 Å². The topological polar surface area (TPSA) is 61.4 Å². The van der Waals surface area contributed by atoms with Crippen molar-refractivity contribution in [3.63, 3.8) is 0 Å². The highest BCUT2D eigenvalue weighted by Crippen LogP contribution is 2.24. The summed E-state index contributed by atoms with van der Waals surface area (Å²) in [6.07, 6.45) is 1.17. The second kappa shape index (κ2) is 7.71. The lowest BCUT2D eigenvalue weighted by Crippen LogP contribution is -2.61. The Bertz CT molecular complexity index is 825. The van der Waals surface area contributed by atoms with E-state index in [0.717, 1.165) is 11.1 Å². The maximum atomic E-state index is 12.9. The molecular weight excluding hydrogens is 362 g/mol. The molecule has 140 valence electrons. The molecule has 0 radical (unpaired) electrons. The number of fused-ring (bicyclic) bond motifs is 1. The van der Waals surface area contributed by atoms with Gasteiger partial charge in [-0.1, -0.05) is 54.1 Å². The van der Waals surface area contributed by atoms with Gasteiger partial charge < -0.3 is 15.5 Å². The van der Waals surface area contributed by atoms with Crippen LogP contribution < -0.4 is 10.6 Å². The molecule has 5 nitrogen and oxygen atoms in total. The quantitative estimate of drug-likeness (QED) is 0.831. The van der Waals surface area contributed by atoms with Gasteiger partial charge in [-0.25, -0.2) is 0 Å². The van der Waals surface area contributed by atoms with E-state index in [0.29, 0.717) is 31.0 Å². The molecule has 0 saturated carbocycles. The van der Waals surface area contributed by atoms with Crippen molar-refractivity contribution in [2.75, 3.05) is 6.54 Å². The van der Waals surface area contributed by atoms with Gasteiger partial charge in [-0.15, -0.1) is 0 Å². The number of carbonyl (C=O) groups is 2. The van der Waals surface area contributed by atoms with Gasteiger partial charge >= 0.3 is 0 Å². The second-order valence-corrected chi connectivity index (χ2v) is 7.63. The Morgan fingerprint density at radius 1 is 1.04 bits per heavy atom. The summed E-state index contributed by atoms with van der Waals surface area (Å²) in [5.41, 5.74) is 2.17. The van der Waals surface area contributed by atoms with E-state index >= 15 is 0 Å². The fourth-order valence-electron chi connectivity index (χ4n) is 3.86. The van der Waals surface area contributed by atoms with Gasteiger partial charge in [0.1, 0.15) is 12.1 Å². The van der Waals surface area contributed by atoms with Crippen LogP contribution in [0, 0.1) is 0 Å². The maximum Gasteiger partial charge on any atom is 0.246 e. The minimum absolute atomic E-state index is 0.0132. The molecular formula is C21H22ClN3O2. The van der Waals surface area contributed by atoms with Gasteiger partial charge in [-0.05, 0) is 29.7 Å². The van der Waals surface area contributed by atoms with Crippen LogP contribution in [-0.4, -0.2) is 41.4 Å². The van der Waals surface area contributed by atoms with Crippen LogP contribution >= 0.6 is 11.6 Å². The monoisotopic (exact) mass is 383 g/mol. The molecule has 2 heterocycles. The van der Waals surface area contributed by atoms with Crippen molar-refractivity contribution in [1.29, 1.82) is 0 Å². The van der Waals surface area contributed by atoms with E-state index in [2.05, 4.69) is 10.6 Å². The Kier molecular flexibility index (Phi) is 5.14. The number of hydrogen-bond donors (Lipinski definition) is 2. The first-order valence-corrected chi connectivity index (χ1v) is 9.60. The van der Waals surface area contributed by atoms with Gasteiger partial charge in [-0.2, -0.15) is 0 Å². The van der Waals surface area contributed by atoms with Crippen LogP contribution in [-0.2, 0) is 22.6 Å². The predicted molar refractivity (Wildman–Crippen MR) is 104 cm³/mol. The minimum Gasteiger partial charge on any atom is -0.342 e. The molecule has 0 spiro atoms. The zero-order chi connectivity index (χ0) is 18.8. The summed E-state index contributed by atoms with van der Waals surface area (Å²) in [7, 11) is 0. The Morgan fingerprint density at radius 2 is 1.78 bits per heavy atom. The first-order valence-electron chi connectivity index (χ1n) is 9.23. The first kappa shape index (κ1) is 18.0. The molecule has 0 aromatic heterocycles. The Balaban J connectivity index is 1.38. The molecule has 0 bridgehead atoms. The predicted octanol–water partition coefficient (Wildman–Crippen LogP) is 2.14. The largest absolute Gasteiger partial charge is 0.342 e. The number of nitrogens with zero attached hydrogens (tertiary/aromatic N) is 1. The second-order valence-electron chi connectivity index (χ2n) is 7.20. The summed E-state index contributed by atoms with van der Waals surface area (Å²) in [6, 6.07) is 16.7. The summed E-state index contributed by atoms with van der Waals surface area (Å²) in [5, 5.41) is 7.09. The normalized spacial score (nSPS) is 24.6. The van der Waals surface area contributed by atoms with Crippen molar-refractivity contribution in [2.45, 2.75) is 37.5 Å². The maximum absolute atomic E-state index is 12.9. The van der Waals surface area contributed by atoms with Crippen LogP contribution in [0.1, 0.15) is 17.5 Å². The fourth-order valence-corrected chi connectivity index (χ4v) is 3.98. The molecule has 2 aliphatic rings. The number of nitrogens with one attached hydrogen (secondary N) is 2. The molecule has 2 aromatic rings.